The maximum absolute atomic E-state index is 13.9. The van der Waals surface area contributed by atoms with E-state index in [4.69, 9.17) is 9.47 Å². The van der Waals surface area contributed by atoms with E-state index in [0.717, 1.165) is 11.1 Å². The van der Waals surface area contributed by atoms with Gasteiger partial charge in [-0.1, -0.05) is 60.7 Å². The molecule has 0 spiro atoms. The van der Waals surface area contributed by atoms with Gasteiger partial charge in [0.05, 0.1) is 11.0 Å². The highest BCUT2D eigenvalue weighted by Crippen LogP contribution is 2.42. The van der Waals surface area contributed by atoms with E-state index in [0.29, 0.717) is 28.3 Å². The fourth-order valence-electron chi connectivity index (χ4n) is 4.92. The number of nitrogens with one attached hydrogen (secondary N) is 2. The standard InChI is InChI=1S/C30H25FN4O5S/c1-17(36)39-15-20-16-41-28-24(34-30-32-22-13-12-21(31)14-23(22)33-30)27(37)35(28)25(20)29(38)40-26(18-8-4-2-5-9-18)19-10-6-3-7-11-19/h2-14,24,26,28H,15-16H2,1H3,(H2,32,33,34)/t24-,28-/m1/s1. The number of carbonyl (C=O) groups is 3. The van der Waals surface area contributed by atoms with Crippen molar-refractivity contribution in [3.8, 4) is 0 Å². The van der Waals surface area contributed by atoms with Crippen LogP contribution in [0.25, 0.3) is 11.0 Å². The van der Waals surface area contributed by atoms with Crippen LogP contribution in [-0.2, 0) is 23.9 Å². The molecule has 41 heavy (non-hydrogen) atoms. The molecule has 0 unspecified atom stereocenters. The monoisotopic (exact) mass is 572 g/mol. The molecule has 11 heteroatoms. The molecule has 2 aliphatic heterocycles. The minimum Gasteiger partial charge on any atom is -0.461 e. The number of halogens is 1. The summed E-state index contributed by atoms with van der Waals surface area (Å²) in [6.07, 6.45) is -0.721. The maximum Gasteiger partial charge on any atom is 0.356 e. The van der Waals surface area contributed by atoms with Crippen LogP contribution in [0.1, 0.15) is 24.2 Å². The molecular weight excluding hydrogens is 547 g/mol. The number of anilines is 1. The van der Waals surface area contributed by atoms with Crippen LogP contribution >= 0.6 is 11.8 Å². The highest BCUT2D eigenvalue weighted by Gasteiger charge is 2.54. The molecule has 0 saturated carbocycles. The van der Waals surface area contributed by atoms with Crippen LogP contribution in [0.2, 0.25) is 0 Å². The van der Waals surface area contributed by atoms with Gasteiger partial charge >= 0.3 is 11.9 Å². The number of imidazole rings is 1. The number of H-pyrrole nitrogens is 1. The maximum atomic E-state index is 13.9. The van der Waals surface area contributed by atoms with Crippen LogP contribution in [0, 0.1) is 5.82 Å². The summed E-state index contributed by atoms with van der Waals surface area (Å²) in [4.78, 5) is 47.7. The number of fused-ring (bicyclic) bond motifs is 2. The first-order valence-corrected chi connectivity index (χ1v) is 14.0. The highest BCUT2D eigenvalue weighted by molar-refractivity contribution is 8.00. The zero-order chi connectivity index (χ0) is 28.5. The average Bonchev–Trinajstić information content (AvgIpc) is 3.39. The Morgan fingerprint density at radius 3 is 2.44 bits per heavy atom. The van der Waals surface area contributed by atoms with Crippen molar-refractivity contribution in [1.82, 2.24) is 14.9 Å². The van der Waals surface area contributed by atoms with Crippen LogP contribution in [0.3, 0.4) is 0 Å². The molecule has 2 atom stereocenters. The number of esters is 2. The topological polar surface area (TPSA) is 114 Å². The van der Waals surface area contributed by atoms with Crippen molar-refractivity contribution in [2.24, 2.45) is 0 Å². The van der Waals surface area contributed by atoms with Gasteiger partial charge in [0, 0.05) is 18.2 Å². The van der Waals surface area contributed by atoms with Gasteiger partial charge < -0.3 is 19.8 Å². The van der Waals surface area contributed by atoms with Gasteiger partial charge in [-0.25, -0.2) is 14.2 Å². The van der Waals surface area contributed by atoms with E-state index in [1.165, 1.54) is 35.7 Å². The highest BCUT2D eigenvalue weighted by atomic mass is 32.2. The predicted octanol–water partition coefficient (Wildman–Crippen LogP) is 4.55. The molecule has 208 valence electrons. The first-order chi connectivity index (χ1) is 19.9. The minimum absolute atomic E-state index is 0.0709. The third kappa shape index (κ3) is 5.28. The number of hydrogen-bond acceptors (Lipinski definition) is 8. The second kappa shape index (κ2) is 11.1. The van der Waals surface area contributed by atoms with Gasteiger partial charge in [-0.2, -0.15) is 0 Å². The molecule has 1 aromatic heterocycles. The number of thioether (sulfide) groups is 1. The second-order valence-electron chi connectivity index (χ2n) is 9.62. The Morgan fingerprint density at radius 1 is 1.10 bits per heavy atom. The zero-order valence-electron chi connectivity index (χ0n) is 21.9. The fourth-order valence-corrected chi connectivity index (χ4v) is 6.24. The Bertz CT molecular complexity index is 1620. The summed E-state index contributed by atoms with van der Waals surface area (Å²) in [5.74, 6) is -1.30. The molecule has 4 aromatic rings. The quantitative estimate of drug-likeness (QED) is 0.234. The van der Waals surface area contributed by atoms with Gasteiger partial charge in [-0.05, 0) is 29.3 Å². The third-order valence-corrected chi connectivity index (χ3v) is 8.20. The van der Waals surface area contributed by atoms with Crippen LogP contribution in [0.5, 0.6) is 0 Å². The Morgan fingerprint density at radius 2 is 1.78 bits per heavy atom. The van der Waals surface area contributed by atoms with E-state index in [9.17, 15) is 18.8 Å². The predicted molar refractivity (Wildman–Crippen MR) is 151 cm³/mol. The number of hydrogen-bond donors (Lipinski definition) is 2. The number of benzene rings is 3. The van der Waals surface area contributed by atoms with Gasteiger partial charge in [0.2, 0.25) is 5.95 Å². The summed E-state index contributed by atoms with van der Waals surface area (Å²) in [7, 11) is 0. The Kier molecular flexibility index (Phi) is 7.19. The minimum atomic E-state index is -0.721. The lowest BCUT2D eigenvalue weighted by atomic mass is 10.0. The number of carbonyl (C=O) groups excluding carboxylic acids is 3. The number of rotatable bonds is 8. The van der Waals surface area contributed by atoms with Gasteiger partial charge in [-0.3, -0.25) is 14.5 Å². The van der Waals surface area contributed by atoms with Crippen molar-refractivity contribution in [1.29, 1.82) is 0 Å². The number of aromatic amines is 1. The average molecular weight is 573 g/mol. The first kappa shape index (κ1) is 26.6. The normalized spacial score (nSPS) is 18.2. The Balaban J connectivity index is 1.29. The fraction of sp³-hybridized carbons (Fsp3) is 0.200. The molecule has 1 fully saturated rings. The molecule has 6 rings (SSSR count). The van der Waals surface area contributed by atoms with Crippen LogP contribution < -0.4 is 5.32 Å². The summed E-state index contributed by atoms with van der Waals surface area (Å²) in [5, 5.41) is 2.65. The molecule has 3 heterocycles. The third-order valence-electron chi connectivity index (χ3n) is 6.86. The summed E-state index contributed by atoms with van der Waals surface area (Å²) < 4.78 is 24.9. The Hall–Kier alpha value is -4.64. The van der Waals surface area contributed by atoms with Gasteiger partial charge in [0.25, 0.3) is 5.91 Å². The second-order valence-corrected chi connectivity index (χ2v) is 10.7. The SMILES string of the molecule is CC(=O)OCC1=C(C(=O)OC(c2ccccc2)c2ccccc2)N2C(=O)[C@@H](Nc3nc4ccc(F)cc4[nH]3)[C@H]2SC1. The summed E-state index contributed by atoms with van der Waals surface area (Å²) in [6.45, 7) is 1.14. The number of amides is 1. The number of ether oxygens (including phenoxy) is 2. The van der Waals surface area contributed by atoms with Gasteiger partial charge in [0.1, 0.15) is 29.5 Å². The number of aromatic nitrogens is 2. The van der Waals surface area contributed by atoms with Crippen LogP contribution in [0.4, 0.5) is 10.3 Å². The molecule has 9 nitrogen and oxygen atoms in total. The molecule has 2 N–H and O–H groups in total. The molecular formula is C30H25FN4O5S. The molecule has 1 amide bonds. The summed E-state index contributed by atoms with van der Waals surface area (Å²) >= 11 is 1.43. The lowest BCUT2D eigenvalue weighted by Gasteiger charge is -2.49. The smallest absolute Gasteiger partial charge is 0.356 e. The molecule has 1 saturated heterocycles. The van der Waals surface area contributed by atoms with E-state index < -0.39 is 35.3 Å². The van der Waals surface area contributed by atoms with Crippen molar-refractivity contribution in [2.45, 2.75) is 24.4 Å². The molecule has 0 radical (unpaired) electrons. The van der Waals surface area contributed by atoms with Crippen LogP contribution in [-0.4, -0.2) is 56.5 Å². The van der Waals surface area contributed by atoms with E-state index in [2.05, 4.69) is 15.3 Å². The summed E-state index contributed by atoms with van der Waals surface area (Å²) in [5.41, 5.74) is 3.14. The zero-order valence-corrected chi connectivity index (χ0v) is 22.7. The van der Waals surface area contributed by atoms with Crippen molar-refractivity contribution in [2.75, 3.05) is 17.7 Å². The number of β-lactam (4-membered cyclic amide) rings is 1. The summed E-state index contributed by atoms with van der Waals surface area (Å²) in [6, 6.07) is 22.2. The molecule has 0 bridgehead atoms. The van der Waals surface area contributed by atoms with E-state index in [1.807, 2.05) is 60.7 Å². The van der Waals surface area contributed by atoms with Gasteiger partial charge in [-0.15, -0.1) is 11.8 Å². The van der Waals surface area contributed by atoms with Crippen molar-refractivity contribution >= 4 is 46.6 Å². The Labute approximate surface area is 238 Å². The lowest BCUT2D eigenvalue weighted by Crippen LogP contribution is -2.68. The van der Waals surface area contributed by atoms with E-state index >= 15 is 0 Å². The van der Waals surface area contributed by atoms with Gasteiger partial charge in [0.15, 0.2) is 6.10 Å². The molecule has 0 aliphatic carbocycles. The van der Waals surface area contributed by atoms with E-state index in [-0.39, 0.29) is 18.2 Å². The van der Waals surface area contributed by atoms with Crippen molar-refractivity contribution in [3.05, 3.63) is 107 Å². The largest absolute Gasteiger partial charge is 0.461 e. The molecule has 2 aliphatic rings. The van der Waals surface area contributed by atoms with Crippen molar-refractivity contribution < 1.29 is 28.2 Å². The van der Waals surface area contributed by atoms with Crippen LogP contribution in [0.15, 0.2) is 90.1 Å². The van der Waals surface area contributed by atoms with E-state index in [1.54, 1.807) is 6.07 Å². The first-order valence-electron chi connectivity index (χ1n) is 12.9. The molecule has 3 aromatic carbocycles. The van der Waals surface area contributed by atoms with Crippen molar-refractivity contribution in [3.63, 3.8) is 0 Å². The number of nitrogens with zero attached hydrogens (tertiary/aromatic N) is 2. The lowest BCUT2D eigenvalue weighted by molar-refractivity contribution is -0.152.